The predicted octanol–water partition coefficient (Wildman–Crippen LogP) is 0.382. The van der Waals surface area contributed by atoms with Gasteiger partial charge in [0.25, 0.3) is 0 Å². The Morgan fingerprint density at radius 2 is 2.62 bits per heavy atom. The molecule has 0 saturated carbocycles. The van der Waals surface area contributed by atoms with Crippen LogP contribution in [-0.4, -0.2) is 16.8 Å². The quantitative estimate of drug-likeness (QED) is 0.557. The minimum Gasteiger partial charge on any atom is -0.395 e. The van der Waals surface area contributed by atoms with Crippen LogP contribution in [0.4, 0.5) is 0 Å². The van der Waals surface area contributed by atoms with Crippen molar-refractivity contribution in [3.8, 4) is 0 Å². The molecule has 0 bridgehead atoms. The van der Waals surface area contributed by atoms with Gasteiger partial charge in [-0.2, -0.15) is 0 Å². The van der Waals surface area contributed by atoms with Gasteiger partial charge in [-0.3, -0.25) is 4.79 Å². The smallest absolute Gasteiger partial charge is 0.202 e. The molecule has 0 amide bonds. The molecule has 0 saturated heterocycles. The standard InChI is InChI=1S/C5H6O2S/c6-3-4-1-2-8-5(4)7/h1-2,4,6H,3H2. The molecule has 1 atom stereocenters. The average Bonchev–Trinajstić information content (AvgIpc) is 2.14. The number of hydrogen-bond acceptors (Lipinski definition) is 3. The molecule has 2 nitrogen and oxygen atoms in total. The summed E-state index contributed by atoms with van der Waals surface area (Å²) in [6, 6.07) is 0. The van der Waals surface area contributed by atoms with Gasteiger partial charge in [-0.25, -0.2) is 0 Å². The average molecular weight is 130 g/mol. The summed E-state index contributed by atoms with van der Waals surface area (Å²) in [5, 5.41) is 10.2. The van der Waals surface area contributed by atoms with Gasteiger partial charge >= 0.3 is 0 Å². The van der Waals surface area contributed by atoms with Gasteiger partial charge in [0.15, 0.2) is 0 Å². The molecule has 1 heterocycles. The fraction of sp³-hybridized carbons (Fsp3) is 0.400. The first-order chi connectivity index (χ1) is 3.84. The third-order valence-corrected chi connectivity index (χ3v) is 1.82. The summed E-state index contributed by atoms with van der Waals surface area (Å²) in [5.74, 6) is -0.236. The first kappa shape index (κ1) is 5.85. The number of hydrogen-bond donors (Lipinski definition) is 1. The van der Waals surface area contributed by atoms with E-state index in [-0.39, 0.29) is 17.6 Å². The summed E-state index contributed by atoms with van der Waals surface area (Å²) in [7, 11) is 0. The van der Waals surface area contributed by atoms with Gasteiger partial charge in [0.1, 0.15) is 0 Å². The second kappa shape index (κ2) is 2.33. The van der Waals surface area contributed by atoms with Crippen LogP contribution in [0, 0.1) is 5.92 Å². The van der Waals surface area contributed by atoms with Crippen molar-refractivity contribution in [3.05, 3.63) is 11.5 Å². The Kier molecular flexibility index (Phi) is 1.70. The molecule has 0 aromatic heterocycles. The molecule has 0 aliphatic carbocycles. The van der Waals surface area contributed by atoms with Gasteiger partial charge in [0.2, 0.25) is 5.12 Å². The Balaban J connectivity index is 2.53. The maximum Gasteiger partial charge on any atom is 0.202 e. The molecule has 0 fully saturated rings. The van der Waals surface area contributed by atoms with Crippen LogP contribution in [0.15, 0.2) is 11.5 Å². The third kappa shape index (κ3) is 0.928. The summed E-state index contributed by atoms with van der Waals surface area (Å²) < 4.78 is 0. The minimum atomic E-state index is -0.236. The summed E-state index contributed by atoms with van der Waals surface area (Å²) in [6.45, 7) is -0.0532. The van der Waals surface area contributed by atoms with Gasteiger partial charge in [-0.1, -0.05) is 17.8 Å². The van der Waals surface area contributed by atoms with Crippen LogP contribution in [-0.2, 0) is 4.79 Å². The van der Waals surface area contributed by atoms with E-state index in [9.17, 15) is 4.79 Å². The molecule has 0 spiro atoms. The first-order valence-corrected chi connectivity index (χ1v) is 3.20. The van der Waals surface area contributed by atoms with Crippen LogP contribution in [0.5, 0.6) is 0 Å². The summed E-state index contributed by atoms with van der Waals surface area (Å²) in [5.41, 5.74) is 0. The zero-order chi connectivity index (χ0) is 5.98. The molecule has 1 unspecified atom stereocenters. The van der Waals surface area contributed by atoms with Crippen molar-refractivity contribution in [2.24, 2.45) is 5.92 Å². The highest BCUT2D eigenvalue weighted by Gasteiger charge is 2.17. The number of rotatable bonds is 1. The highest BCUT2D eigenvalue weighted by molar-refractivity contribution is 8.16. The van der Waals surface area contributed by atoms with Crippen molar-refractivity contribution in [2.45, 2.75) is 0 Å². The maximum atomic E-state index is 10.5. The van der Waals surface area contributed by atoms with Gasteiger partial charge in [0.05, 0.1) is 12.5 Å². The van der Waals surface area contributed by atoms with E-state index in [4.69, 9.17) is 5.11 Å². The first-order valence-electron chi connectivity index (χ1n) is 2.32. The molecule has 0 radical (unpaired) electrons. The molecular weight excluding hydrogens is 124 g/mol. The summed E-state index contributed by atoms with van der Waals surface area (Å²) >= 11 is 1.15. The number of aliphatic hydroxyl groups is 1. The minimum absolute atomic E-state index is 0.0486. The monoisotopic (exact) mass is 130 g/mol. The predicted molar refractivity (Wildman–Crippen MR) is 32.3 cm³/mol. The van der Waals surface area contributed by atoms with Gasteiger partial charge in [0, 0.05) is 0 Å². The van der Waals surface area contributed by atoms with Gasteiger partial charge in [-0.15, -0.1) is 0 Å². The molecule has 0 aromatic rings. The van der Waals surface area contributed by atoms with E-state index in [1.807, 2.05) is 0 Å². The fourth-order valence-electron chi connectivity index (χ4n) is 0.503. The molecule has 0 aromatic carbocycles. The summed E-state index contributed by atoms with van der Waals surface area (Å²) in [6.07, 6.45) is 1.72. The van der Waals surface area contributed by atoms with Gasteiger partial charge in [-0.05, 0) is 5.41 Å². The lowest BCUT2D eigenvalue weighted by atomic mass is 10.2. The Labute approximate surface area is 51.6 Å². The SMILES string of the molecule is O=C1SC=CC1CO. The number of carbonyl (C=O) groups is 1. The fourth-order valence-corrected chi connectivity index (χ4v) is 1.23. The van der Waals surface area contributed by atoms with E-state index in [1.54, 1.807) is 11.5 Å². The number of aliphatic hydroxyl groups excluding tert-OH is 1. The Bertz CT molecular complexity index is 130. The van der Waals surface area contributed by atoms with E-state index < -0.39 is 0 Å². The molecule has 1 aliphatic heterocycles. The normalized spacial score (nSPS) is 27.1. The van der Waals surface area contributed by atoms with E-state index in [2.05, 4.69) is 0 Å². The van der Waals surface area contributed by atoms with Crippen LogP contribution >= 0.6 is 11.8 Å². The lowest BCUT2D eigenvalue weighted by Crippen LogP contribution is -2.07. The Hall–Kier alpha value is -0.280. The molecule has 3 heteroatoms. The van der Waals surface area contributed by atoms with Crippen LogP contribution in [0.25, 0.3) is 0 Å². The maximum absolute atomic E-state index is 10.5. The van der Waals surface area contributed by atoms with E-state index in [0.29, 0.717) is 0 Å². The van der Waals surface area contributed by atoms with Crippen LogP contribution in [0.2, 0.25) is 0 Å². The molecule has 1 N–H and O–H groups in total. The lowest BCUT2D eigenvalue weighted by molar-refractivity contribution is -0.113. The van der Waals surface area contributed by atoms with Crippen molar-refractivity contribution in [1.82, 2.24) is 0 Å². The van der Waals surface area contributed by atoms with Crippen molar-refractivity contribution < 1.29 is 9.90 Å². The van der Waals surface area contributed by atoms with Crippen molar-refractivity contribution in [1.29, 1.82) is 0 Å². The molecule has 44 valence electrons. The number of carbonyl (C=O) groups excluding carboxylic acids is 1. The second-order valence-electron chi connectivity index (χ2n) is 1.55. The van der Waals surface area contributed by atoms with Crippen molar-refractivity contribution in [2.75, 3.05) is 6.61 Å². The molecule has 1 aliphatic rings. The second-order valence-corrected chi connectivity index (χ2v) is 2.46. The Morgan fingerprint density at radius 1 is 1.88 bits per heavy atom. The van der Waals surface area contributed by atoms with E-state index in [1.165, 1.54) is 0 Å². The topological polar surface area (TPSA) is 37.3 Å². The molecule has 1 rings (SSSR count). The highest BCUT2D eigenvalue weighted by atomic mass is 32.2. The lowest BCUT2D eigenvalue weighted by Gasteiger charge is -1.95. The van der Waals surface area contributed by atoms with Crippen LogP contribution in [0.3, 0.4) is 0 Å². The van der Waals surface area contributed by atoms with Crippen molar-refractivity contribution >= 4 is 16.9 Å². The number of thioether (sulfide) groups is 1. The van der Waals surface area contributed by atoms with Crippen LogP contribution in [0.1, 0.15) is 0 Å². The van der Waals surface area contributed by atoms with E-state index >= 15 is 0 Å². The zero-order valence-corrected chi connectivity index (χ0v) is 5.02. The molecule has 8 heavy (non-hydrogen) atoms. The van der Waals surface area contributed by atoms with Crippen LogP contribution < -0.4 is 0 Å². The summed E-state index contributed by atoms with van der Waals surface area (Å²) in [4.78, 5) is 10.5. The van der Waals surface area contributed by atoms with E-state index in [0.717, 1.165) is 11.8 Å². The van der Waals surface area contributed by atoms with Gasteiger partial charge < -0.3 is 5.11 Å². The Morgan fingerprint density at radius 3 is 2.88 bits per heavy atom. The zero-order valence-electron chi connectivity index (χ0n) is 4.20. The van der Waals surface area contributed by atoms with Crippen molar-refractivity contribution in [3.63, 3.8) is 0 Å². The third-order valence-electron chi connectivity index (χ3n) is 0.995. The molecular formula is C5H6O2S. The highest BCUT2D eigenvalue weighted by Crippen LogP contribution is 2.21. The largest absolute Gasteiger partial charge is 0.395 e.